The number of carboxylic acid groups (broad SMARTS) is 1. The second-order valence-electron chi connectivity index (χ2n) is 5.16. The first-order valence-electron chi connectivity index (χ1n) is 6.79. The van der Waals surface area contributed by atoms with E-state index in [0.29, 0.717) is 12.1 Å². The monoisotopic (exact) mass is 345 g/mol. The standard InChI is InChI=1S/C14H20BrNO2S/c1-10(13-8-11(15)9-19-13)16-7-3-2-4-12(16)5-6-14(17)18/h8-10,12H,2-7H2,1H3,(H,17,18). The number of hydrogen-bond acceptors (Lipinski definition) is 3. The molecule has 1 saturated heterocycles. The Kier molecular flexibility index (Phi) is 5.42. The lowest BCUT2D eigenvalue weighted by molar-refractivity contribution is -0.137. The van der Waals surface area contributed by atoms with Crippen LogP contribution >= 0.6 is 27.3 Å². The number of aliphatic carboxylic acids is 1. The Balaban J connectivity index is 2.03. The van der Waals surface area contributed by atoms with Crippen molar-refractivity contribution in [3.63, 3.8) is 0 Å². The van der Waals surface area contributed by atoms with Crippen LogP contribution in [0.5, 0.6) is 0 Å². The maximum atomic E-state index is 10.8. The van der Waals surface area contributed by atoms with E-state index in [-0.39, 0.29) is 6.42 Å². The number of nitrogens with zero attached hydrogens (tertiary/aromatic N) is 1. The zero-order chi connectivity index (χ0) is 13.8. The van der Waals surface area contributed by atoms with Gasteiger partial charge in [-0.25, -0.2) is 0 Å². The van der Waals surface area contributed by atoms with Gasteiger partial charge in [-0.05, 0) is 54.7 Å². The van der Waals surface area contributed by atoms with Gasteiger partial charge in [-0.2, -0.15) is 0 Å². The van der Waals surface area contributed by atoms with E-state index in [1.54, 1.807) is 11.3 Å². The van der Waals surface area contributed by atoms with Gasteiger partial charge in [0.2, 0.25) is 0 Å². The number of hydrogen-bond donors (Lipinski definition) is 1. The average molecular weight is 346 g/mol. The van der Waals surface area contributed by atoms with Gasteiger partial charge in [-0.15, -0.1) is 11.3 Å². The van der Waals surface area contributed by atoms with Crippen LogP contribution in [0.15, 0.2) is 15.9 Å². The molecule has 0 bridgehead atoms. The Morgan fingerprint density at radius 3 is 3.05 bits per heavy atom. The van der Waals surface area contributed by atoms with Crippen LogP contribution in [-0.4, -0.2) is 28.6 Å². The minimum atomic E-state index is -0.683. The Morgan fingerprint density at radius 2 is 2.42 bits per heavy atom. The summed E-state index contributed by atoms with van der Waals surface area (Å²) in [4.78, 5) is 14.6. The van der Waals surface area contributed by atoms with Crippen LogP contribution in [0.2, 0.25) is 0 Å². The van der Waals surface area contributed by atoms with E-state index in [4.69, 9.17) is 5.11 Å². The van der Waals surface area contributed by atoms with E-state index in [2.05, 4.69) is 39.2 Å². The molecule has 0 amide bonds. The molecule has 3 nitrogen and oxygen atoms in total. The van der Waals surface area contributed by atoms with E-state index in [1.807, 2.05) is 0 Å². The predicted octanol–water partition coefficient (Wildman–Crippen LogP) is 4.29. The highest BCUT2D eigenvalue weighted by atomic mass is 79.9. The largest absolute Gasteiger partial charge is 0.481 e. The van der Waals surface area contributed by atoms with Crippen molar-refractivity contribution < 1.29 is 9.90 Å². The van der Waals surface area contributed by atoms with Crippen molar-refractivity contribution >= 4 is 33.2 Å². The third kappa shape index (κ3) is 4.04. The van der Waals surface area contributed by atoms with Crippen molar-refractivity contribution in [1.82, 2.24) is 4.90 Å². The summed E-state index contributed by atoms with van der Waals surface area (Å²) in [6.07, 6.45) is 4.63. The fourth-order valence-electron chi connectivity index (χ4n) is 2.84. The molecule has 2 atom stereocenters. The highest BCUT2D eigenvalue weighted by Gasteiger charge is 2.28. The van der Waals surface area contributed by atoms with Gasteiger partial charge in [-0.1, -0.05) is 6.42 Å². The highest BCUT2D eigenvalue weighted by molar-refractivity contribution is 9.10. The van der Waals surface area contributed by atoms with E-state index < -0.39 is 5.97 Å². The first-order chi connectivity index (χ1) is 9.08. The van der Waals surface area contributed by atoms with Crippen LogP contribution in [-0.2, 0) is 4.79 Å². The Labute approximate surface area is 126 Å². The van der Waals surface area contributed by atoms with Crippen LogP contribution in [0.3, 0.4) is 0 Å². The quantitative estimate of drug-likeness (QED) is 0.865. The van der Waals surface area contributed by atoms with Crippen molar-refractivity contribution in [2.45, 2.75) is 51.1 Å². The average Bonchev–Trinajstić information content (AvgIpc) is 2.82. The van der Waals surface area contributed by atoms with Crippen LogP contribution in [0, 0.1) is 0 Å². The van der Waals surface area contributed by atoms with Gasteiger partial charge >= 0.3 is 5.97 Å². The van der Waals surface area contributed by atoms with Crippen LogP contribution in [0.1, 0.15) is 49.9 Å². The molecule has 0 saturated carbocycles. The minimum absolute atomic E-state index is 0.280. The summed E-state index contributed by atoms with van der Waals surface area (Å²) in [6, 6.07) is 2.98. The van der Waals surface area contributed by atoms with Crippen molar-refractivity contribution in [2.75, 3.05) is 6.54 Å². The number of piperidine rings is 1. The summed E-state index contributed by atoms with van der Waals surface area (Å²) in [5, 5.41) is 11.0. The van der Waals surface area contributed by atoms with Crippen LogP contribution in [0.25, 0.3) is 0 Å². The molecular weight excluding hydrogens is 326 g/mol. The summed E-state index contributed by atoms with van der Waals surface area (Å²) in [6.45, 7) is 3.32. The van der Waals surface area contributed by atoms with Crippen molar-refractivity contribution in [1.29, 1.82) is 0 Å². The number of thiophene rings is 1. The fourth-order valence-corrected chi connectivity index (χ4v) is 4.37. The Hall–Kier alpha value is -0.390. The first-order valence-corrected chi connectivity index (χ1v) is 8.46. The molecular formula is C14H20BrNO2S. The summed E-state index contributed by atoms with van der Waals surface area (Å²) in [5.41, 5.74) is 0. The molecule has 106 valence electrons. The third-order valence-electron chi connectivity index (χ3n) is 3.86. The van der Waals surface area contributed by atoms with E-state index in [9.17, 15) is 4.79 Å². The number of rotatable bonds is 5. The summed E-state index contributed by atoms with van der Waals surface area (Å²) in [7, 11) is 0. The van der Waals surface area contributed by atoms with Gasteiger partial charge in [0.15, 0.2) is 0 Å². The van der Waals surface area contributed by atoms with Crippen LogP contribution < -0.4 is 0 Å². The lowest BCUT2D eigenvalue weighted by Gasteiger charge is -2.39. The topological polar surface area (TPSA) is 40.5 Å². The smallest absolute Gasteiger partial charge is 0.303 e. The highest BCUT2D eigenvalue weighted by Crippen LogP contribution is 2.34. The van der Waals surface area contributed by atoms with Gasteiger partial charge in [0, 0.05) is 33.2 Å². The number of carbonyl (C=O) groups is 1. The number of halogens is 1. The lowest BCUT2D eigenvalue weighted by atomic mass is 9.96. The molecule has 1 aliphatic rings. The molecule has 1 aliphatic heterocycles. The van der Waals surface area contributed by atoms with Gasteiger partial charge in [0.25, 0.3) is 0 Å². The first kappa shape index (κ1) is 15.0. The molecule has 0 radical (unpaired) electrons. The van der Waals surface area contributed by atoms with E-state index in [1.165, 1.54) is 17.7 Å². The van der Waals surface area contributed by atoms with Crippen molar-refractivity contribution in [2.24, 2.45) is 0 Å². The predicted molar refractivity (Wildman–Crippen MR) is 81.6 cm³/mol. The summed E-state index contributed by atoms with van der Waals surface area (Å²) in [5.74, 6) is -0.683. The van der Waals surface area contributed by atoms with Gasteiger partial charge in [-0.3, -0.25) is 9.69 Å². The van der Waals surface area contributed by atoms with Crippen LogP contribution in [0.4, 0.5) is 0 Å². The molecule has 2 rings (SSSR count). The molecule has 2 heterocycles. The van der Waals surface area contributed by atoms with E-state index in [0.717, 1.165) is 23.9 Å². The SMILES string of the molecule is CC(c1cc(Br)cs1)N1CCCCC1CCC(=O)O. The molecule has 2 unspecified atom stereocenters. The Bertz CT molecular complexity index is 435. The number of likely N-dealkylation sites (tertiary alicyclic amines) is 1. The molecule has 19 heavy (non-hydrogen) atoms. The molecule has 0 aromatic carbocycles. The van der Waals surface area contributed by atoms with Crippen molar-refractivity contribution in [3.05, 3.63) is 20.8 Å². The molecule has 0 aliphatic carbocycles. The second-order valence-corrected chi connectivity index (χ2v) is 7.02. The minimum Gasteiger partial charge on any atom is -0.481 e. The molecule has 1 fully saturated rings. The zero-order valence-electron chi connectivity index (χ0n) is 11.1. The Morgan fingerprint density at radius 1 is 1.63 bits per heavy atom. The molecule has 1 aromatic heterocycles. The zero-order valence-corrected chi connectivity index (χ0v) is 13.5. The normalized spacial score (nSPS) is 22.3. The van der Waals surface area contributed by atoms with Gasteiger partial charge in [0.05, 0.1) is 0 Å². The number of carboxylic acids is 1. The fraction of sp³-hybridized carbons (Fsp3) is 0.643. The molecule has 0 spiro atoms. The van der Waals surface area contributed by atoms with E-state index >= 15 is 0 Å². The third-order valence-corrected chi connectivity index (χ3v) is 5.72. The van der Waals surface area contributed by atoms with Gasteiger partial charge in [0.1, 0.15) is 0 Å². The maximum Gasteiger partial charge on any atom is 0.303 e. The summed E-state index contributed by atoms with van der Waals surface area (Å²) >= 11 is 5.28. The lowest BCUT2D eigenvalue weighted by Crippen LogP contribution is -2.41. The maximum absolute atomic E-state index is 10.8. The second kappa shape index (κ2) is 6.86. The summed E-state index contributed by atoms with van der Waals surface area (Å²) < 4.78 is 1.14. The molecule has 1 aromatic rings. The molecule has 1 N–H and O–H groups in total. The molecule has 5 heteroatoms. The van der Waals surface area contributed by atoms with Crippen molar-refractivity contribution in [3.8, 4) is 0 Å². The van der Waals surface area contributed by atoms with Gasteiger partial charge < -0.3 is 5.11 Å².